The van der Waals surface area contributed by atoms with E-state index >= 15 is 0 Å². The summed E-state index contributed by atoms with van der Waals surface area (Å²) in [5.74, 6) is -4.62. The number of para-hydroxylation sites is 1. The van der Waals surface area contributed by atoms with Crippen molar-refractivity contribution in [2.75, 3.05) is 16.8 Å². The van der Waals surface area contributed by atoms with E-state index in [1.54, 1.807) is 6.92 Å². The number of carbonyl (C=O) groups excluding carboxylic acids is 4. The first kappa shape index (κ1) is 25.2. The van der Waals surface area contributed by atoms with Gasteiger partial charge in [-0.05, 0) is 67.4 Å². The molecule has 9 nitrogen and oxygen atoms in total. The number of aromatic amines is 1. The Balaban J connectivity index is 1.33. The van der Waals surface area contributed by atoms with E-state index in [2.05, 4.69) is 15.6 Å². The molecule has 0 saturated carbocycles. The first-order valence-corrected chi connectivity index (χ1v) is 13.4. The topological polar surface area (TPSA) is 121 Å². The Morgan fingerprint density at radius 3 is 2.59 bits per heavy atom. The Morgan fingerprint density at radius 1 is 1.02 bits per heavy atom. The largest absolute Gasteiger partial charge is 0.462 e. The van der Waals surface area contributed by atoms with Crippen molar-refractivity contribution in [2.24, 2.45) is 11.8 Å². The van der Waals surface area contributed by atoms with Crippen LogP contribution in [0.3, 0.4) is 0 Å². The van der Waals surface area contributed by atoms with Gasteiger partial charge in [-0.2, -0.15) is 0 Å². The number of ether oxygens (including phenoxy) is 1. The predicted molar refractivity (Wildman–Crippen MR) is 148 cm³/mol. The van der Waals surface area contributed by atoms with E-state index in [-0.39, 0.29) is 17.9 Å². The van der Waals surface area contributed by atoms with Crippen molar-refractivity contribution in [2.45, 2.75) is 24.9 Å². The van der Waals surface area contributed by atoms with Gasteiger partial charge in [0, 0.05) is 34.4 Å². The molecular weight excluding hydrogens is 527 g/mol. The van der Waals surface area contributed by atoms with E-state index in [0.717, 1.165) is 21.4 Å². The van der Waals surface area contributed by atoms with Gasteiger partial charge in [0.1, 0.15) is 11.4 Å². The number of esters is 1. The Labute approximate surface area is 233 Å². The molecule has 4 atom stereocenters. The first-order chi connectivity index (χ1) is 19.8. The maximum atomic E-state index is 14.5. The van der Waals surface area contributed by atoms with E-state index < -0.39 is 52.9 Å². The molecule has 7 rings (SSSR count). The fourth-order valence-corrected chi connectivity index (χ4v) is 6.70. The third kappa shape index (κ3) is 3.57. The van der Waals surface area contributed by atoms with Gasteiger partial charge in [-0.3, -0.25) is 19.7 Å². The van der Waals surface area contributed by atoms with Crippen LogP contribution in [-0.4, -0.2) is 41.3 Å². The van der Waals surface area contributed by atoms with Crippen LogP contribution in [0.4, 0.5) is 15.8 Å². The summed E-state index contributed by atoms with van der Waals surface area (Å²) in [6.45, 7) is 1.91. The van der Waals surface area contributed by atoms with E-state index in [9.17, 15) is 23.6 Å². The molecule has 206 valence electrons. The Morgan fingerprint density at radius 2 is 1.80 bits per heavy atom. The molecule has 3 aliphatic rings. The number of amides is 3. The highest BCUT2D eigenvalue weighted by molar-refractivity contribution is 6.26. The molecule has 0 radical (unpaired) electrons. The molecule has 2 saturated heterocycles. The number of carbonyl (C=O) groups is 4. The highest BCUT2D eigenvalue weighted by atomic mass is 19.1. The number of halogens is 1. The summed E-state index contributed by atoms with van der Waals surface area (Å²) >= 11 is 0. The highest BCUT2D eigenvalue weighted by Gasteiger charge is 2.70. The fourth-order valence-electron chi connectivity index (χ4n) is 6.70. The molecule has 4 heterocycles. The van der Waals surface area contributed by atoms with Crippen molar-refractivity contribution in [1.29, 1.82) is 0 Å². The molecular formula is C31H25FN4O5. The number of H-pyrrole nitrogens is 1. The standard InChI is InChI=1S/C31H25FN4O5/c1-2-41-29(39)16-7-10-19(11-8-16)36-27(37)25-24(13-17-15-33-22-6-4-3-5-20(17)22)35-31(26(25)28(36)38)21-14-18(32)9-12-23(21)34-30(31)40/h3-12,14-15,24-26,33,35H,2,13H2,1H3,(H,34,40)/t24-,25+,26+,31-/m1/s1. The van der Waals surface area contributed by atoms with Crippen LogP contribution in [0.15, 0.2) is 72.9 Å². The van der Waals surface area contributed by atoms with Crippen LogP contribution in [0.1, 0.15) is 28.4 Å². The SMILES string of the molecule is CCOC(=O)c1ccc(N2C(=O)[C@@H]3[C@@H](C2=O)[C@@]2(N[C@@H]3Cc3c[nH]c4ccccc34)C(=O)Nc3ccc(F)cc32)cc1. The average Bonchev–Trinajstić information content (AvgIpc) is 3.68. The van der Waals surface area contributed by atoms with Gasteiger partial charge in [0.25, 0.3) is 0 Å². The Bertz CT molecular complexity index is 1770. The lowest BCUT2D eigenvalue weighted by Crippen LogP contribution is -2.53. The quantitative estimate of drug-likeness (QED) is 0.257. The van der Waals surface area contributed by atoms with E-state index in [4.69, 9.17) is 4.74 Å². The molecule has 4 aromatic rings. The second-order valence-corrected chi connectivity index (χ2v) is 10.5. The van der Waals surface area contributed by atoms with Gasteiger partial charge < -0.3 is 15.0 Å². The van der Waals surface area contributed by atoms with Crippen LogP contribution in [-0.2, 0) is 31.1 Å². The number of hydrogen-bond acceptors (Lipinski definition) is 6. The second-order valence-electron chi connectivity index (χ2n) is 10.5. The number of nitrogens with one attached hydrogen (secondary N) is 3. The van der Waals surface area contributed by atoms with E-state index in [1.165, 1.54) is 42.5 Å². The van der Waals surface area contributed by atoms with Crippen molar-refractivity contribution >= 4 is 46.0 Å². The summed E-state index contributed by atoms with van der Waals surface area (Å²) in [7, 11) is 0. The summed E-state index contributed by atoms with van der Waals surface area (Å²) in [6, 6.07) is 17.1. The molecule has 3 amide bonds. The van der Waals surface area contributed by atoms with Crippen LogP contribution in [0.2, 0.25) is 0 Å². The molecule has 1 spiro atoms. The van der Waals surface area contributed by atoms with E-state index in [1.807, 2.05) is 30.5 Å². The zero-order valence-corrected chi connectivity index (χ0v) is 21.9. The zero-order valence-electron chi connectivity index (χ0n) is 21.9. The number of imide groups is 1. The van der Waals surface area contributed by atoms with Crippen LogP contribution in [0, 0.1) is 17.7 Å². The van der Waals surface area contributed by atoms with Crippen molar-refractivity contribution < 1.29 is 28.3 Å². The Kier molecular flexibility index (Phi) is 5.58. The molecule has 3 aliphatic heterocycles. The summed E-state index contributed by atoms with van der Waals surface area (Å²) < 4.78 is 19.6. The number of anilines is 2. The lowest BCUT2D eigenvalue weighted by Gasteiger charge is -2.29. The van der Waals surface area contributed by atoms with Gasteiger partial charge >= 0.3 is 5.97 Å². The van der Waals surface area contributed by atoms with Gasteiger partial charge in [0.15, 0.2) is 0 Å². The summed E-state index contributed by atoms with van der Waals surface area (Å²) in [5, 5.41) is 7.12. The molecule has 0 unspecified atom stereocenters. The van der Waals surface area contributed by atoms with Gasteiger partial charge in [0.05, 0.1) is 29.7 Å². The number of rotatable bonds is 5. The molecule has 0 bridgehead atoms. The van der Waals surface area contributed by atoms with Crippen molar-refractivity contribution in [1.82, 2.24) is 10.3 Å². The number of nitrogens with zero attached hydrogens (tertiary/aromatic N) is 1. The normalized spacial score (nSPS) is 24.7. The van der Waals surface area contributed by atoms with Crippen molar-refractivity contribution in [3.05, 3.63) is 95.4 Å². The van der Waals surface area contributed by atoms with Crippen LogP contribution < -0.4 is 15.5 Å². The maximum Gasteiger partial charge on any atom is 0.338 e. The van der Waals surface area contributed by atoms with Crippen molar-refractivity contribution in [3.63, 3.8) is 0 Å². The molecule has 41 heavy (non-hydrogen) atoms. The monoisotopic (exact) mass is 552 g/mol. The number of aromatic nitrogens is 1. The minimum atomic E-state index is -1.63. The molecule has 0 aliphatic carbocycles. The summed E-state index contributed by atoms with van der Waals surface area (Å²) in [5.41, 5.74) is 1.48. The lowest BCUT2D eigenvalue weighted by molar-refractivity contribution is -0.130. The molecule has 3 N–H and O–H groups in total. The lowest BCUT2D eigenvalue weighted by atomic mass is 9.76. The summed E-state index contributed by atoms with van der Waals surface area (Å²) in [4.78, 5) is 58.5. The average molecular weight is 553 g/mol. The van der Waals surface area contributed by atoms with Gasteiger partial charge in [-0.15, -0.1) is 0 Å². The van der Waals surface area contributed by atoms with Crippen LogP contribution in [0.5, 0.6) is 0 Å². The molecule has 3 aromatic carbocycles. The number of hydrogen-bond donors (Lipinski definition) is 3. The van der Waals surface area contributed by atoms with Crippen LogP contribution in [0.25, 0.3) is 10.9 Å². The van der Waals surface area contributed by atoms with Crippen LogP contribution >= 0.6 is 0 Å². The molecule has 1 aromatic heterocycles. The second kappa shape index (κ2) is 9.10. The van der Waals surface area contributed by atoms with Gasteiger partial charge in [0.2, 0.25) is 17.7 Å². The maximum absolute atomic E-state index is 14.5. The minimum absolute atomic E-state index is 0.212. The third-order valence-electron chi connectivity index (χ3n) is 8.43. The minimum Gasteiger partial charge on any atom is -0.462 e. The third-order valence-corrected chi connectivity index (χ3v) is 8.43. The highest BCUT2D eigenvalue weighted by Crippen LogP contribution is 2.54. The zero-order chi connectivity index (χ0) is 28.5. The van der Waals surface area contributed by atoms with E-state index in [0.29, 0.717) is 17.7 Å². The molecule has 2 fully saturated rings. The first-order valence-electron chi connectivity index (χ1n) is 13.4. The van der Waals surface area contributed by atoms with Crippen molar-refractivity contribution in [3.8, 4) is 0 Å². The number of fused-ring (bicyclic) bond motifs is 5. The molecule has 10 heteroatoms. The smallest absolute Gasteiger partial charge is 0.338 e. The number of benzene rings is 3. The predicted octanol–water partition coefficient (Wildman–Crippen LogP) is 3.65. The van der Waals surface area contributed by atoms with Gasteiger partial charge in [-0.25, -0.2) is 14.1 Å². The summed E-state index contributed by atoms with van der Waals surface area (Å²) in [6.07, 6.45) is 2.21. The Hall–Kier alpha value is -4.83. The fraction of sp³-hybridized carbons (Fsp3) is 0.226. The van der Waals surface area contributed by atoms with Gasteiger partial charge in [-0.1, -0.05) is 18.2 Å².